The van der Waals surface area contributed by atoms with Crippen LogP contribution in [-0.2, 0) is 6.54 Å². The van der Waals surface area contributed by atoms with Crippen molar-refractivity contribution in [3.8, 4) is 28.3 Å². The topological polar surface area (TPSA) is 62.3 Å². The minimum absolute atomic E-state index is 0.0835. The predicted octanol–water partition coefficient (Wildman–Crippen LogP) is 3.01. The molecule has 4 aromatic rings. The average Bonchev–Trinajstić information content (AvgIpc) is 3.51. The van der Waals surface area contributed by atoms with Gasteiger partial charge in [-0.3, -0.25) is 4.57 Å². The molecular formula is C25H25FN6O. The molecule has 5 heterocycles. The molecule has 8 heteroatoms. The summed E-state index contributed by atoms with van der Waals surface area (Å²) in [7, 11) is 3.99. The van der Waals surface area contributed by atoms with Gasteiger partial charge in [-0.25, -0.2) is 14.4 Å². The summed E-state index contributed by atoms with van der Waals surface area (Å²) in [6, 6.07) is 12.8. The summed E-state index contributed by atoms with van der Waals surface area (Å²) in [5.41, 5.74) is 4.90. The summed E-state index contributed by atoms with van der Waals surface area (Å²) in [6.07, 6.45) is 5.42. The number of hydrogen-bond donors (Lipinski definition) is 1. The lowest BCUT2D eigenvalue weighted by Gasteiger charge is -2.22. The second-order valence-corrected chi connectivity index (χ2v) is 9.01. The van der Waals surface area contributed by atoms with Gasteiger partial charge < -0.3 is 19.5 Å². The molecule has 2 aliphatic rings. The molecule has 6 rings (SSSR count). The molecule has 0 amide bonds. The van der Waals surface area contributed by atoms with Gasteiger partial charge in [-0.2, -0.15) is 0 Å². The van der Waals surface area contributed by atoms with E-state index in [9.17, 15) is 9.50 Å². The van der Waals surface area contributed by atoms with Crippen LogP contribution >= 0.6 is 0 Å². The Balaban J connectivity index is 1.40. The van der Waals surface area contributed by atoms with Crippen molar-refractivity contribution in [1.29, 1.82) is 0 Å². The Kier molecular flexibility index (Phi) is 4.60. The van der Waals surface area contributed by atoms with Gasteiger partial charge >= 0.3 is 0 Å². The van der Waals surface area contributed by atoms with Gasteiger partial charge in [-0.1, -0.05) is 12.1 Å². The van der Waals surface area contributed by atoms with Crippen LogP contribution in [0.5, 0.6) is 0 Å². The Hall–Kier alpha value is -3.49. The molecule has 1 N–H and O–H groups in total. The zero-order chi connectivity index (χ0) is 22.7. The number of hydrogen-bond acceptors (Lipinski definition) is 5. The minimum atomic E-state index is -0.407. The minimum Gasteiger partial charge on any atom is -0.390 e. The molecule has 1 saturated heterocycles. The summed E-state index contributed by atoms with van der Waals surface area (Å²) < 4.78 is 17.6. The molecule has 0 radical (unpaired) electrons. The van der Waals surface area contributed by atoms with Crippen LogP contribution in [0.3, 0.4) is 0 Å². The van der Waals surface area contributed by atoms with Crippen LogP contribution in [0, 0.1) is 5.82 Å². The van der Waals surface area contributed by atoms with Crippen LogP contribution in [0.1, 0.15) is 5.69 Å². The summed E-state index contributed by atoms with van der Waals surface area (Å²) in [5.74, 6) is 1.47. The highest BCUT2D eigenvalue weighted by Gasteiger charge is 2.34. The van der Waals surface area contributed by atoms with E-state index in [4.69, 9.17) is 4.98 Å². The number of anilines is 1. The Morgan fingerprint density at radius 2 is 1.88 bits per heavy atom. The van der Waals surface area contributed by atoms with E-state index in [2.05, 4.69) is 42.2 Å². The van der Waals surface area contributed by atoms with Gasteiger partial charge in [0.2, 0.25) is 0 Å². The Morgan fingerprint density at radius 3 is 2.64 bits per heavy atom. The molecule has 0 aliphatic carbocycles. The molecular weight excluding hydrogens is 419 g/mol. The standard InChI is InChI=1S/C25H25FN6O/c1-29(2)22-14-31(15-23(22)33)24-8-7-20-19(28-24)13-30-12-17(16-3-5-18(26)6-4-16)11-21(30)25-27-9-10-32(20)25/h3-12,22-23,33H,13-15H2,1-2H3/t22-,23-/m1/s1. The molecule has 168 valence electrons. The van der Waals surface area contributed by atoms with Crippen LogP contribution in [0.4, 0.5) is 10.2 Å². The maximum Gasteiger partial charge on any atom is 0.161 e. The average molecular weight is 445 g/mol. The SMILES string of the molecule is CN(C)[C@@H]1CN(c2ccc3c(n2)Cn2cc(-c4ccc(F)cc4)cc2-c2nccn2-3)C[C@H]1O. The van der Waals surface area contributed by atoms with Gasteiger partial charge in [-0.05, 0) is 50.0 Å². The van der Waals surface area contributed by atoms with Crippen molar-refractivity contribution in [2.75, 3.05) is 32.1 Å². The summed E-state index contributed by atoms with van der Waals surface area (Å²) in [5, 5.41) is 10.5. The van der Waals surface area contributed by atoms with Crippen molar-refractivity contribution in [1.82, 2.24) is 24.0 Å². The van der Waals surface area contributed by atoms with E-state index in [1.165, 1.54) is 12.1 Å². The van der Waals surface area contributed by atoms with Crippen molar-refractivity contribution < 1.29 is 9.50 Å². The number of β-amino-alcohol motifs (C(OH)–C–C–N with tert-alkyl or cyclic N) is 1. The third-order valence-electron chi connectivity index (χ3n) is 6.71. The molecule has 33 heavy (non-hydrogen) atoms. The first-order valence-electron chi connectivity index (χ1n) is 11.1. The first-order chi connectivity index (χ1) is 16.0. The molecule has 7 nitrogen and oxygen atoms in total. The normalized spacial score (nSPS) is 19.4. The fourth-order valence-corrected chi connectivity index (χ4v) is 4.94. The summed E-state index contributed by atoms with van der Waals surface area (Å²) in [6.45, 7) is 1.89. The van der Waals surface area contributed by atoms with Crippen LogP contribution in [0.25, 0.3) is 28.3 Å². The zero-order valence-electron chi connectivity index (χ0n) is 18.6. The molecule has 0 bridgehead atoms. The second kappa shape index (κ2) is 7.54. The number of halogens is 1. The van der Waals surface area contributed by atoms with Gasteiger partial charge in [0.05, 0.1) is 35.8 Å². The lowest BCUT2D eigenvalue weighted by atomic mass is 10.1. The molecule has 2 aliphatic heterocycles. The van der Waals surface area contributed by atoms with Crippen LogP contribution in [-0.4, -0.2) is 68.4 Å². The smallest absolute Gasteiger partial charge is 0.161 e. The van der Waals surface area contributed by atoms with E-state index in [-0.39, 0.29) is 11.9 Å². The van der Waals surface area contributed by atoms with Crippen molar-refractivity contribution >= 4 is 5.82 Å². The van der Waals surface area contributed by atoms with E-state index in [0.717, 1.165) is 46.4 Å². The lowest BCUT2D eigenvalue weighted by molar-refractivity contribution is 0.114. The van der Waals surface area contributed by atoms with Crippen molar-refractivity contribution in [3.63, 3.8) is 0 Å². The van der Waals surface area contributed by atoms with Gasteiger partial charge in [0.15, 0.2) is 5.82 Å². The number of aliphatic hydroxyl groups excluding tert-OH is 1. The number of pyridine rings is 1. The van der Waals surface area contributed by atoms with E-state index in [1.54, 1.807) is 18.3 Å². The molecule has 2 atom stereocenters. The Labute approximate surface area is 191 Å². The number of aromatic nitrogens is 4. The van der Waals surface area contributed by atoms with Gasteiger partial charge in [0.1, 0.15) is 11.6 Å². The number of likely N-dealkylation sites (N-methyl/N-ethyl adjacent to an activating group) is 1. The Bertz CT molecular complexity index is 1330. The van der Waals surface area contributed by atoms with Crippen molar-refractivity contribution in [3.05, 3.63) is 72.6 Å². The molecule has 1 aromatic carbocycles. The lowest BCUT2D eigenvalue weighted by Crippen LogP contribution is -2.38. The highest BCUT2D eigenvalue weighted by molar-refractivity contribution is 5.71. The fraction of sp³-hybridized carbons (Fsp3) is 0.280. The highest BCUT2D eigenvalue weighted by atomic mass is 19.1. The Morgan fingerprint density at radius 1 is 1.06 bits per heavy atom. The summed E-state index contributed by atoms with van der Waals surface area (Å²) >= 11 is 0. The van der Waals surface area contributed by atoms with Crippen LogP contribution in [0.2, 0.25) is 0 Å². The maximum atomic E-state index is 13.4. The quantitative estimate of drug-likeness (QED) is 0.464. The van der Waals surface area contributed by atoms with Gasteiger partial charge in [-0.15, -0.1) is 0 Å². The molecule has 0 saturated carbocycles. The van der Waals surface area contributed by atoms with E-state index in [0.29, 0.717) is 13.1 Å². The first-order valence-corrected chi connectivity index (χ1v) is 11.1. The van der Waals surface area contributed by atoms with Gasteiger partial charge in [0, 0.05) is 37.2 Å². The number of benzene rings is 1. The number of imidazole rings is 1. The molecule has 3 aromatic heterocycles. The third kappa shape index (κ3) is 3.34. The first kappa shape index (κ1) is 20.1. The third-order valence-corrected chi connectivity index (χ3v) is 6.71. The van der Waals surface area contributed by atoms with Crippen molar-refractivity contribution in [2.24, 2.45) is 0 Å². The van der Waals surface area contributed by atoms with Gasteiger partial charge in [0.25, 0.3) is 0 Å². The van der Waals surface area contributed by atoms with E-state index >= 15 is 0 Å². The second-order valence-electron chi connectivity index (χ2n) is 9.01. The van der Waals surface area contributed by atoms with E-state index < -0.39 is 6.10 Å². The highest BCUT2D eigenvalue weighted by Crippen LogP contribution is 2.34. The summed E-state index contributed by atoms with van der Waals surface area (Å²) in [4.78, 5) is 13.9. The number of fused-ring (bicyclic) bond motifs is 5. The van der Waals surface area contributed by atoms with Crippen molar-refractivity contribution in [2.45, 2.75) is 18.7 Å². The van der Waals surface area contributed by atoms with Crippen LogP contribution < -0.4 is 4.90 Å². The van der Waals surface area contributed by atoms with E-state index in [1.807, 2.05) is 26.4 Å². The fourth-order valence-electron chi connectivity index (χ4n) is 4.94. The number of rotatable bonds is 3. The monoisotopic (exact) mass is 444 g/mol. The predicted molar refractivity (Wildman–Crippen MR) is 125 cm³/mol. The number of aliphatic hydroxyl groups is 1. The number of nitrogens with zero attached hydrogens (tertiary/aromatic N) is 6. The largest absolute Gasteiger partial charge is 0.390 e. The maximum absolute atomic E-state index is 13.4. The van der Waals surface area contributed by atoms with Crippen LogP contribution in [0.15, 0.2) is 61.1 Å². The molecule has 0 unspecified atom stereocenters. The molecule has 0 spiro atoms. The zero-order valence-corrected chi connectivity index (χ0v) is 18.6. The molecule has 1 fully saturated rings.